The minimum absolute atomic E-state index is 0.0140. The summed E-state index contributed by atoms with van der Waals surface area (Å²) in [6.45, 7) is 2.61. The Bertz CT molecular complexity index is 520. The predicted octanol–water partition coefficient (Wildman–Crippen LogP) is 5.13. The summed E-state index contributed by atoms with van der Waals surface area (Å²) in [5.41, 5.74) is -0.182. The van der Waals surface area contributed by atoms with Crippen LogP contribution in [-0.2, 0) is 0 Å². The Balaban J connectivity index is 2.38. The SMILES string of the molecule is Cc1c(F)sc(Sc2sc(F)c(C)c2F)c1F. The fourth-order valence-corrected chi connectivity index (χ4v) is 4.48. The van der Waals surface area contributed by atoms with Crippen LogP contribution in [0.1, 0.15) is 11.1 Å². The molecule has 0 N–H and O–H groups in total. The average molecular weight is 298 g/mol. The van der Waals surface area contributed by atoms with Gasteiger partial charge in [0, 0.05) is 11.1 Å². The highest BCUT2D eigenvalue weighted by Crippen LogP contribution is 2.42. The molecule has 0 radical (unpaired) electrons. The van der Waals surface area contributed by atoms with Crippen molar-refractivity contribution in [1.29, 1.82) is 0 Å². The van der Waals surface area contributed by atoms with Crippen LogP contribution < -0.4 is 0 Å². The lowest BCUT2D eigenvalue weighted by Gasteiger charge is -1.94. The molecule has 0 saturated heterocycles. The first-order chi connectivity index (χ1) is 7.91. The van der Waals surface area contributed by atoms with Crippen LogP contribution in [0.15, 0.2) is 8.42 Å². The van der Waals surface area contributed by atoms with Gasteiger partial charge in [0.25, 0.3) is 0 Å². The summed E-state index contributed by atoms with van der Waals surface area (Å²) in [6, 6.07) is 0. The second-order valence-electron chi connectivity index (χ2n) is 3.31. The van der Waals surface area contributed by atoms with Gasteiger partial charge in [-0.3, -0.25) is 0 Å². The summed E-state index contributed by atoms with van der Waals surface area (Å²) in [6.07, 6.45) is 0. The molecular formula is C10H6F4S3. The predicted molar refractivity (Wildman–Crippen MR) is 62.1 cm³/mol. The lowest BCUT2D eigenvalue weighted by atomic mass is 10.4. The molecule has 2 aromatic heterocycles. The molecule has 0 aromatic carbocycles. The molecule has 0 aliphatic carbocycles. The van der Waals surface area contributed by atoms with Gasteiger partial charge >= 0.3 is 0 Å². The Kier molecular flexibility index (Phi) is 3.51. The fraction of sp³-hybridized carbons (Fsp3) is 0.200. The van der Waals surface area contributed by atoms with E-state index in [1.165, 1.54) is 13.8 Å². The third-order valence-corrected chi connectivity index (χ3v) is 5.59. The maximum Gasteiger partial charge on any atom is 0.183 e. The van der Waals surface area contributed by atoms with E-state index >= 15 is 0 Å². The van der Waals surface area contributed by atoms with E-state index in [-0.39, 0.29) is 19.5 Å². The van der Waals surface area contributed by atoms with Gasteiger partial charge in [-0.25, -0.2) is 8.78 Å². The molecular weight excluding hydrogens is 292 g/mol. The second-order valence-corrected chi connectivity index (χ2v) is 6.79. The summed E-state index contributed by atoms with van der Waals surface area (Å²) in [4.78, 5) is 0. The molecule has 2 heterocycles. The summed E-state index contributed by atoms with van der Waals surface area (Å²) in [7, 11) is 0. The Morgan fingerprint density at radius 2 is 1.12 bits per heavy atom. The smallest absolute Gasteiger partial charge is 0.183 e. The zero-order chi connectivity index (χ0) is 12.7. The van der Waals surface area contributed by atoms with E-state index in [2.05, 4.69) is 0 Å². The maximum atomic E-state index is 13.5. The number of rotatable bonds is 2. The highest BCUT2D eigenvalue weighted by atomic mass is 32.2. The van der Waals surface area contributed by atoms with E-state index in [1.54, 1.807) is 0 Å². The van der Waals surface area contributed by atoms with Crippen LogP contribution in [0.25, 0.3) is 0 Å². The van der Waals surface area contributed by atoms with E-state index in [0.29, 0.717) is 22.7 Å². The normalized spacial score (nSPS) is 11.2. The second kappa shape index (κ2) is 4.62. The Morgan fingerprint density at radius 3 is 1.35 bits per heavy atom. The summed E-state index contributed by atoms with van der Waals surface area (Å²) >= 11 is 1.91. The van der Waals surface area contributed by atoms with Crippen LogP contribution in [0.4, 0.5) is 17.6 Å². The molecule has 0 saturated carbocycles. The lowest BCUT2D eigenvalue weighted by Crippen LogP contribution is -1.79. The molecule has 0 unspecified atom stereocenters. The number of hydrogen-bond acceptors (Lipinski definition) is 3. The summed E-state index contributed by atoms with van der Waals surface area (Å²) in [5, 5.41) is -1.28. The van der Waals surface area contributed by atoms with Gasteiger partial charge in [0.05, 0.1) is 0 Å². The molecule has 0 amide bonds. The van der Waals surface area contributed by atoms with Gasteiger partial charge in [0.15, 0.2) is 21.9 Å². The van der Waals surface area contributed by atoms with Crippen molar-refractivity contribution in [2.45, 2.75) is 22.3 Å². The minimum Gasteiger partial charge on any atom is -0.204 e. The van der Waals surface area contributed by atoms with Gasteiger partial charge in [0.2, 0.25) is 0 Å². The van der Waals surface area contributed by atoms with Crippen molar-refractivity contribution in [2.75, 3.05) is 0 Å². The zero-order valence-electron chi connectivity index (χ0n) is 8.74. The molecule has 7 heteroatoms. The molecule has 0 aliphatic heterocycles. The van der Waals surface area contributed by atoms with Gasteiger partial charge < -0.3 is 0 Å². The highest BCUT2D eigenvalue weighted by Gasteiger charge is 2.21. The van der Waals surface area contributed by atoms with Crippen LogP contribution in [0.2, 0.25) is 0 Å². The molecule has 92 valence electrons. The van der Waals surface area contributed by atoms with Crippen molar-refractivity contribution in [1.82, 2.24) is 0 Å². The van der Waals surface area contributed by atoms with Gasteiger partial charge in [-0.1, -0.05) is 34.4 Å². The van der Waals surface area contributed by atoms with E-state index in [1.807, 2.05) is 0 Å². The van der Waals surface area contributed by atoms with Gasteiger partial charge in [0.1, 0.15) is 8.42 Å². The Hall–Kier alpha value is -0.530. The average Bonchev–Trinajstić information content (AvgIpc) is 2.66. The summed E-state index contributed by atoms with van der Waals surface area (Å²) in [5.74, 6) is -1.41. The molecule has 2 rings (SSSR count). The fourth-order valence-electron chi connectivity index (χ4n) is 1.10. The van der Waals surface area contributed by atoms with Crippen molar-refractivity contribution in [2.24, 2.45) is 0 Å². The lowest BCUT2D eigenvalue weighted by molar-refractivity contribution is 0.579. The van der Waals surface area contributed by atoms with Crippen LogP contribution in [0.3, 0.4) is 0 Å². The third kappa shape index (κ3) is 2.23. The van der Waals surface area contributed by atoms with Crippen LogP contribution in [0.5, 0.6) is 0 Å². The van der Waals surface area contributed by atoms with Gasteiger partial charge in [-0.05, 0) is 13.8 Å². The monoisotopic (exact) mass is 298 g/mol. The summed E-state index contributed by atoms with van der Waals surface area (Å²) < 4.78 is 53.2. The first kappa shape index (κ1) is 12.9. The Morgan fingerprint density at radius 1 is 0.765 bits per heavy atom. The Labute approximate surface area is 107 Å². The molecule has 0 fully saturated rings. The number of hydrogen-bond donors (Lipinski definition) is 0. The van der Waals surface area contributed by atoms with Crippen LogP contribution >= 0.6 is 34.4 Å². The number of halogens is 4. The number of thiophene rings is 2. The molecule has 17 heavy (non-hydrogen) atoms. The van der Waals surface area contributed by atoms with Crippen LogP contribution in [-0.4, -0.2) is 0 Å². The van der Waals surface area contributed by atoms with Crippen molar-refractivity contribution < 1.29 is 17.6 Å². The zero-order valence-corrected chi connectivity index (χ0v) is 11.2. The van der Waals surface area contributed by atoms with Crippen molar-refractivity contribution in [3.8, 4) is 0 Å². The first-order valence-electron chi connectivity index (χ1n) is 4.48. The van der Waals surface area contributed by atoms with E-state index in [4.69, 9.17) is 0 Å². The first-order valence-corrected chi connectivity index (χ1v) is 6.93. The van der Waals surface area contributed by atoms with Crippen molar-refractivity contribution in [3.05, 3.63) is 33.0 Å². The third-order valence-electron chi connectivity index (χ3n) is 2.16. The van der Waals surface area contributed by atoms with Crippen molar-refractivity contribution in [3.63, 3.8) is 0 Å². The van der Waals surface area contributed by atoms with E-state index in [9.17, 15) is 17.6 Å². The maximum absolute atomic E-state index is 13.5. The van der Waals surface area contributed by atoms with E-state index in [0.717, 1.165) is 11.8 Å². The molecule has 0 nitrogen and oxygen atoms in total. The van der Waals surface area contributed by atoms with Gasteiger partial charge in [-0.2, -0.15) is 8.78 Å². The van der Waals surface area contributed by atoms with Crippen molar-refractivity contribution >= 4 is 34.4 Å². The largest absolute Gasteiger partial charge is 0.204 e. The minimum atomic E-state index is -0.705. The van der Waals surface area contributed by atoms with Gasteiger partial charge in [-0.15, -0.1) is 0 Å². The topological polar surface area (TPSA) is 0 Å². The van der Waals surface area contributed by atoms with Crippen LogP contribution in [0, 0.1) is 35.7 Å². The molecule has 0 bridgehead atoms. The van der Waals surface area contributed by atoms with E-state index < -0.39 is 21.9 Å². The molecule has 2 aromatic rings. The molecule has 0 atom stereocenters. The standard InChI is InChI=1S/C10H6F4S3/c1-3-5(11)9(15-7(3)13)17-10-6(12)4(2)8(14)16-10/h1-2H3. The molecule has 0 spiro atoms. The quantitative estimate of drug-likeness (QED) is 0.692. The highest BCUT2D eigenvalue weighted by molar-refractivity contribution is 8.02. The molecule has 0 aliphatic rings.